The zero-order valence-electron chi connectivity index (χ0n) is 9.00. The van der Waals surface area contributed by atoms with Crippen molar-refractivity contribution in [2.45, 2.75) is 24.9 Å². The van der Waals surface area contributed by atoms with Crippen molar-refractivity contribution in [2.24, 2.45) is 0 Å². The Balaban J connectivity index is 2.43. The second-order valence-electron chi connectivity index (χ2n) is 4.07. The maximum Gasteiger partial charge on any atom is 0.306 e. The highest BCUT2D eigenvalue weighted by Gasteiger charge is 2.40. The Morgan fingerprint density at radius 1 is 1.62 bits per heavy atom. The number of methoxy groups -OCH3 is 1. The predicted molar refractivity (Wildman–Crippen MR) is 60.7 cm³/mol. The molecule has 0 aromatic heterocycles. The van der Waals surface area contributed by atoms with Gasteiger partial charge in [0.2, 0.25) is 0 Å². The molecule has 0 amide bonds. The summed E-state index contributed by atoms with van der Waals surface area (Å²) in [6.45, 7) is 0. The van der Waals surface area contributed by atoms with Crippen molar-refractivity contribution in [3.63, 3.8) is 0 Å². The summed E-state index contributed by atoms with van der Waals surface area (Å²) in [6.07, 6.45) is 1.51. The van der Waals surface area contributed by atoms with Crippen LogP contribution in [0.25, 0.3) is 0 Å². The highest BCUT2D eigenvalue weighted by molar-refractivity contribution is 6.30. The molecule has 2 rings (SSSR count). The topological polar surface area (TPSA) is 46.5 Å². The van der Waals surface area contributed by atoms with E-state index in [4.69, 9.17) is 21.4 Å². The number of ether oxygens (including phenoxy) is 1. The van der Waals surface area contributed by atoms with Gasteiger partial charge in [-0.3, -0.25) is 4.79 Å². The van der Waals surface area contributed by atoms with Crippen molar-refractivity contribution < 1.29 is 14.6 Å². The van der Waals surface area contributed by atoms with E-state index in [-0.39, 0.29) is 6.42 Å². The van der Waals surface area contributed by atoms with Gasteiger partial charge < -0.3 is 9.84 Å². The number of carboxylic acid groups (broad SMARTS) is 1. The number of carboxylic acids is 1. The molecule has 3 nitrogen and oxygen atoms in total. The van der Waals surface area contributed by atoms with Gasteiger partial charge in [-0.2, -0.15) is 0 Å². The van der Waals surface area contributed by atoms with Crippen LogP contribution in [0.4, 0.5) is 0 Å². The van der Waals surface area contributed by atoms with Gasteiger partial charge in [0.05, 0.1) is 6.42 Å². The van der Waals surface area contributed by atoms with Crippen LogP contribution in [0.2, 0.25) is 5.02 Å². The summed E-state index contributed by atoms with van der Waals surface area (Å²) in [5.41, 5.74) is 1.38. The molecule has 86 valence electrons. The quantitative estimate of drug-likeness (QED) is 0.884. The summed E-state index contributed by atoms with van der Waals surface area (Å²) in [5.74, 6) is -0.843. The van der Waals surface area contributed by atoms with Crippen LogP contribution in [0, 0.1) is 0 Å². The lowest BCUT2D eigenvalue weighted by molar-refractivity contribution is -0.144. The molecular formula is C12H13ClO3. The van der Waals surface area contributed by atoms with Crippen LogP contribution in [0.15, 0.2) is 18.2 Å². The minimum atomic E-state index is -0.843. The molecule has 0 heterocycles. The number of rotatable bonds is 3. The molecule has 1 aliphatic rings. The van der Waals surface area contributed by atoms with Gasteiger partial charge >= 0.3 is 5.97 Å². The Hall–Kier alpha value is -1.06. The monoisotopic (exact) mass is 240 g/mol. The van der Waals surface area contributed by atoms with Gasteiger partial charge in [-0.1, -0.05) is 17.7 Å². The van der Waals surface area contributed by atoms with E-state index in [1.165, 1.54) is 0 Å². The summed E-state index contributed by atoms with van der Waals surface area (Å²) in [4.78, 5) is 10.9. The smallest absolute Gasteiger partial charge is 0.306 e. The van der Waals surface area contributed by atoms with Gasteiger partial charge in [-0.05, 0) is 36.1 Å². The van der Waals surface area contributed by atoms with Gasteiger partial charge in [0, 0.05) is 12.1 Å². The van der Waals surface area contributed by atoms with Crippen LogP contribution in [0.1, 0.15) is 24.0 Å². The molecule has 1 aliphatic carbocycles. The van der Waals surface area contributed by atoms with Gasteiger partial charge in [0.25, 0.3) is 0 Å². The number of hydrogen-bond acceptors (Lipinski definition) is 2. The number of aliphatic carboxylic acids is 1. The Kier molecular flexibility index (Phi) is 2.91. The van der Waals surface area contributed by atoms with Crippen LogP contribution >= 0.6 is 11.6 Å². The molecule has 16 heavy (non-hydrogen) atoms. The summed E-state index contributed by atoms with van der Waals surface area (Å²) >= 11 is 5.91. The molecule has 0 fully saturated rings. The first-order valence-corrected chi connectivity index (χ1v) is 5.51. The highest BCUT2D eigenvalue weighted by Crippen LogP contribution is 2.42. The third-order valence-corrected chi connectivity index (χ3v) is 3.42. The first kappa shape index (κ1) is 11.4. The van der Waals surface area contributed by atoms with Crippen LogP contribution in [-0.4, -0.2) is 18.2 Å². The fraction of sp³-hybridized carbons (Fsp3) is 0.417. The van der Waals surface area contributed by atoms with Crippen molar-refractivity contribution in [1.82, 2.24) is 0 Å². The van der Waals surface area contributed by atoms with E-state index in [0.717, 1.165) is 17.5 Å². The molecule has 1 atom stereocenters. The van der Waals surface area contributed by atoms with E-state index in [0.29, 0.717) is 11.4 Å². The average Bonchev–Trinajstić information content (AvgIpc) is 2.56. The fourth-order valence-corrected chi connectivity index (χ4v) is 2.59. The fourth-order valence-electron chi connectivity index (χ4n) is 2.40. The lowest BCUT2D eigenvalue weighted by atomic mass is 9.92. The molecule has 0 spiro atoms. The van der Waals surface area contributed by atoms with Crippen LogP contribution < -0.4 is 0 Å². The van der Waals surface area contributed by atoms with E-state index in [1.54, 1.807) is 13.2 Å². The Morgan fingerprint density at radius 3 is 3.00 bits per heavy atom. The van der Waals surface area contributed by atoms with E-state index in [1.807, 2.05) is 12.1 Å². The summed E-state index contributed by atoms with van der Waals surface area (Å²) in [5, 5.41) is 9.63. The SMILES string of the molecule is COC1(CC(=O)O)CCc2cc(Cl)ccc21. The maximum atomic E-state index is 10.9. The zero-order valence-corrected chi connectivity index (χ0v) is 9.75. The van der Waals surface area contributed by atoms with Gasteiger partial charge in [-0.25, -0.2) is 0 Å². The van der Waals surface area contributed by atoms with Crippen LogP contribution in [0.5, 0.6) is 0 Å². The molecule has 4 heteroatoms. The normalized spacial score (nSPS) is 23.1. The molecule has 1 aromatic rings. The second-order valence-corrected chi connectivity index (χ2v) is 4.51. The molecule has 0 saturated carbocycles. The van der Waals surface area contributed by atoms with E-state index >= 15 is 0 Å². The second kappa shape index (κ2) is 4.07. The number of benzene rings is 1. The number of halogens is 1. The van der Waals surface area contributed by atoms with Gasteiger partial charge in [0.15, 0.2) is 0 Å². The predicted octanol–water partition coefficient (Wildman–Crippen LogP) is 2.60. The lowest BCUT2D eigenvalue weighted by Crippen LogP contribution is -2.28. The zero-order chi connectivity index (χ0) is 11.8. The van der Waals surface area contributed by atoms with E-state index in [9.17, 15) is 4.79 Å². The molecule has 1 unspecified atom stereocenters. The molecule has 0 saturated heterocycles. The van der Waals surface area contributed by atoms with Crippen molar-refractivity contribution in [2.75, 3.05) is 7.11 Å². The minimum absolute atomic E-state index is 0.00185. The Labute approximate surface area is 99.0 Å². The summed E-state index contributed by atoms with van der Waals surface area (Å²) in [7, 11) is 1.56. The van der Waals surface area contributed by atoms with Gasteiger partial charge in [-0.15, -0.1) is 0 Å². The number of aryl methyl sites for hydroxylation is 1. The molecule has 0 radical (unpaired) electrons. The maximum absolute atomic E-state index is 10.9. The molecule has 0 bridgehead atoms. The van der Waals surface area contributed by atoms with Crippen molar-refractivity contribution >= 4 is 17.6 Å². The molecular weight excluding hydrogens is 228 g/mol. The van der Waals surface area contributed by atoms with Crippen molar-refractivity contribution in [3.8, 4) is 0 Å². The van der Waals surface area contributed by atoms with E-state index in [2.05, 4.69) is 0 Å². The Morgan fingerprint density at radius 2 is 2.38 bits per heavy atom. The summed E-state index contributed by atoms with van der Waals surface area (Å²) < 4.78 is 5.45. The highest BCUT2D eigenvalue weighted by atomic mass is 35.5. The largest absolute Gasteiger partial charge is 0.481 e. The third-order valence-electron chi connectivity index (χ3n) is 3.18. The van der Waals surface area contributed by atoms with Gasteiger partial charge in [0.1, 0.15) is 5.60 Å². The molecule has 1 N–H and O–H groups in total. The minimum Gasteiger partial charge on any atom is -0.481 e. The molecule has 0 aliphatic heterocycles. The van der Waals surface area contributed by atoms with Crippen molar-refractivity contribution in [1.29, 1.82) is 0 Å². The Bertz CT molecular complexity index is 430. The standard InChI is InChI=1S/C12H13ClO3/c1-16-12(7-11(14)15)5-4-8-6-9(13)2-3-10(8)12/h2-3,6H,4-5,7H2,1H3,(H,14,15). The lowest BCUT2D eigenvalue weighted by Gasteiger charge is -2.27. The van der Waals surface area contributed by atoms with Crippen LogP contribution in [0.3, 0.4) is 0 Å². The van der Waals surface area contributed by atoms with Crippen molar-refractivity contribution in [3.05, 3.63) is 34.3 Å². The average molecular weight is 241 g/mol. The number of carbonyl (C=O) groups is 1. The first-order chi connectivity index (χ1) is 7.57. The number of fused-ring (bicyclic) bond motifs is 1. The first-order valence-electron chi connectivity index (χ1n) is 5.13. The summed E-state index contributed by atoms with van der Waals surface area (Å²) in [6, 6.07) is 5.54. The molecule has 1 aromatic carbocycles. The number of hydrogen-bond donors (Lipinski definition) is 1. The van der Waals surface area contributed by atoms with Crippen LogP contribution in [-0.2, 0) is 21.6 Å². The third kappa shape index (κ3) is 1.81. The van der Waals surface area contributed by atoms with E-state index < -0.39 is 11.6 Å².